The summed E-state index contributed by atoms with van der Waals surface area (Å²) in [6.45, 7) is 5.00. The van der Waals surface area contributed by atoms with Gasteiger partial charge in [0.25, 0.3) is 0 Å². The summed E-state index contributed by atoms with van der Waals surface area (Å²) in [6.07, 6.45) is 0.978. The maximum atomic E-state index is 12.5. The zero-order valence-electron chi connectivity index (χ0n) is 14.3. The second-order valence-electron chi connectivity index (χ2n) is 5.64. The fourth-order valence-electron chi connectivity index (χ4n) is 2.39. The third kappa shape index (κ3) is 5.47. The molecule has 1 aliphatic heterocycles. The molecule has 0 aromatic heterocycles. The summed E-state index contributed by atoms with van der Waals surface area (Å²) in [6, 6.07) is 5.29. The number of hydrogen-bond donors (Lipinski definition) is 2. The van der Waals surface area contributed by atoms with Crippen LogP contribution in [-0.4, -0.2) is 67.1 Å². The highest BCUT2D eigenvalue weighted by Crippen LogP contribution is 2.19. The molecule has 0 radical (unpaired) electrons. The van der Waals surface area contributed by atoms with Gasteiger partial charge in [0.1, 0.15) is 0 Å². The van der Waals surface area contributed by atoms with E-state index in [0.717, 1.165) is 13.0 Å². The molecule has 0 aliphatic carbocycles. The molecule has 8 nitrogen and oxygen atoms in total. The highest BCUT2D eigenvalue weighted by molar-refractivity contribution is 7.89. The Labute approximate surface area is 149 Å². The Bertz CT molecular complexity index is 742. The van der Waals surface area contributed by atoms with Crippen molar-refractivity contribution in [2.24, 2.45) is 0 Å². The number of nitrogens with zero attached hydrogens (tertiary/aromatic N) is 1. The lowest BCUT2D eigenvalue weighted by atomic mass is 10.4. The Balaban J connectivity index is 2.03. The largest absolute Gasteiger partial charge is 0.379 e. The minimum Gasteiger partial charge on any atom is -0.379 e. The number of morpholine rings is 1. The molecule has 1 heterocycles. The molecule has 142 valence electrons. The lowest BCUT2D eigenvalue weighted by molar-refractivity contribution is 0.0730. The van der Waals surface area contributed by atoms with Crippen molar-refractivity contribution in [2.75, 3.05) is 45.9 Å². The van der Waals surface area contributed by atoms with Crippen LogP contribution < -0.4 is 10.0 Å². The second kappa shape index (κ2) is 9.06. The van der Waals surface area contributed by atoms with E-state index in [0.29, 0.717) is 32.8 Å². The van der Waals surface area contributed by atoms with E-state index in [1.54, 1.807) is 0 Å². The van der Waals surface area contributed by atoms with Crippen molar-refractivity contribution in [3.05, 3.63) is 24.3 Å². The van der Waals surface area contributed by atoms with Gasteiger partial charge in [-0.2, -0.15) is 4.31 Å². The number of hydrogen-bond acceptors (Lipinski definition) is 6. The fraction of sp³-hybridized carbons (Fsp3) is 0.600. The van der Waals surface area contributed by atoms with Crippen molar-refractivity contribution in [3.8, 4) is 0 Å². The van der Waals surface area contributed by atoms with Gasteiger partial charge in [0.15, 0.2) is 0 Å². The molecule has 0 amide bonds. The van der Waals surface area contributed by atoms with Crippen molar-refractivity contribution >= 4 is 20.0 Å². The van der Waals surface area contributed by atoms with E-state index >= 15 is 0 Å². The molecule has 0 atom stereocenters. The third-order valence-electron chi connectivity index (χ3n) is 3.76. The molecule has 1 aromatic carbocycles. The summed E-state index contributed by atoms with van der Waals surface area (Å²) in [5.41, 5.74) is 0. The molecular weight excluding hydrogens is 366 g/mol. The molecular formula is C15H25N3O5S2. The highest BCUT2D eigenvalue weighted by Gasteiger charge is 2.26. The van der Waals surface area contributed by atoms with E-state index in [9.17, 15) is 16.8 Å². The zero-order valence-corrected chi connectivity index (χ0v) is 15.9. The van der Waals surface area contributed by atoms with Crippen LogP contribution in [0.2, 0.25) is 0 Å². The molecule has 1 fully saturated rings. The summed E-state index contributed by atoms with van der Waals surface area (Å²) in [5.74, 6) is 0. The Kier molecular flexibility index (Phi) is 7.35. The first-order valence-corrected chi connectivity index (χ1v) is 11.2. The molecule has 10 heteroatoms. The molecule has 1 saturated heterocycles. The number of nitrogens with one attached hydrogen (secondary N) is 2. The minimum absolute atomic E-state index is 0.0453. The SMILES string of the molecule is CCCNCCNS(=O)(=O)c1ccc(S(=O)(=O)N2CCOCC2)cc1. The van der Waals surface area contributed by atoms with Gasteiger partial charge < -0.3 is 10.1 Å². The number of ether oxygens (including phenoxy) is 1. The standard InChI is InChI=1S/C15H25N3O5S2/c1-2-7-16-8-9-17-24(19,20)14-3-5-15(6-4-14)25(21,22)18-10-12-23-13-11-18/h3-6,16-17H,2,7-13H2,1H3. The van der Waals surface area contributed by atoms with E-state index in [1.807, 2.05) is 6.92 Å². The van der Waals surface area contributed by atoms with Gasteiger partial charge in [-0.1, -0.05) is 6.92 Å². The molecule has 25 heavy (non-hydrogen) atoms. The van der Waals surface area contributed by atoms with Gasteiger partial charge in [-0.05, 0) is 37.2 Å². The maximum Gasteiger partial charge on any atom is 0.243 e. The quantitative estimate of drug-likeness (QED) is 0.574. The van der Waals surface area contributed by atoms with Crippen LogP contribution in [-0.2, 0) is 24.8 Å². The average Bonchev–Trinajstić information content (AvgIpc) is 2.62. The van der Waals surface area contributed by atoms with Crippen molar-refractivity contribution in [1.29, 1.82) is 0 Å². The van der Waals surface area contributed by atoms with Gasteiger partial charge >= 0.3 is 0 Å². The van der Waals surface area contributed by atoms with E-state index in [2.05, 4.69) is 10.0 Å². The van der Waals surface area contributed by atoms with Crippen molar-refractivity contribution in [2.45, 2.75) is 23.1 Å². The fourth-order valence-corrected chi connectivity index (χ4v) is 4.83. The minimum atomic E-state index is -3.65. The lowest BCUT2D eigenvalue weighted by Gasteiger charge is -2.26. The molecule has 1 aromatic rings. The maximum absolute atomic E-state index is 12.5. The van der Waals surface area contributed by atoms with E-state index in [4.69, 9.17) is 4.74 Å². The predicted octanol–water partition coefficient (Wildman–Crippen LogP) is -0.0146. The normalized spacial score (nSPS) is 16.8. The third-order valence-corrected chi connectivity index (χ3v) is 7.15. The van der Waals surface area contributed by atoms with Gasteiger partial charge in [0, 0.05) is 26.2 Å². The molecule has 0 bridgehead atoms. The van der Waals surface area contributed by atoms with E-state index in [-0.39, 0.29) is 16.3 Å². The van der Waals surface area contributed by atoms with Gasteiger partial charge in [-0.25, -0.2) is 21.6 Å². The average molecular weight is 392 g/mol. The molecule has 0 unspecified atom stereocenters. The van der Waals surface area contributed by atoms with E-state index < -0.39 is 20.0 Å². The first-order valence-electron chi connectivity index (χ1n) is 8.26. The van der Waals surface area contributed by atoms with Gasteiger partial charge in [0.05, 0.1) is 23.0 Å². The van der Waals surface area contributed by atoms with Crippen LogP contribution in [0.25, 0.3) is 0 Å². The van der Waals surface area contributed by atoms with Crippen LogP contribution in [0.4, 0.5) is 0 Å². The van der Waals surface area contributed by atoms with Crippen molar-refractivity contribution in [3.63, 3.8) is 0 Å². The lowest BCUT2D eigenvalue weighted by Crippen LogP contribution is -2.40. The molecule has 2 rings (SSSR count). The predicted molar refractivity (Wildman–Crippen MR) is 94.4 cm³/mol. The van der Waals surface area contributed by atoms with Crippen LogP contribution in [0.3, 0.4) is 0 Å². The molecule has 2 N–H and O–H groups in total. The molecule has 0 spiro atoms. The Morgan fingerprint density at radius 1 is 0.960 bits per heavy atom. The van der Waals surface area contributed by atoms with Gasteiger partial charge in [-0.3, -0.25) is 0 Å². The second-order valence-corrected chi connectivity index (χ2v) is 9.34. The Morgan fingerprint density at radius 2 is 1.56 bits per heavy atom. The van der Waals surface area contributed by atoms with Crippen molar-refractivity contribution < 1.29 is 21.6 Å². The Hall–Kier alpha value is -1.04. The number of sulfonamides is 2. The van der Waals surface area contributed by atoms with Crippen LogP contribution in [0, 0.1) is 0 Å². The smallest absolute Gasteiger partial charge is 0.243 e. The van der Waals surface area contributed by atoms with Crippen LogP contribution >= 0.6 is 0 Å². The van der Waals surface area contributed by atoms with Crippen LogP contribution in [0.15, 0.2) is 34.1 Å². The van der Waals surface area contributed by atoms with Crippen LogP contribution in [0.1, 0.15) is 13.3 Å². The van der Waals surface area contributed by atoms with Crippen LogP contribution in [0.5, 0.6) is 0 Å². The number of rotatable bonds is 9. The van der Waals surface area contributed by atoms with E-state index in [1.165, 1.54) is 28.6 Å². The first kappa shape index (κ1) is 20.3. The van der Waals surface area contributed by atoms with Crippen molar-refractivity contribution in [1.82, 2.24) is 14.3 Å². The Morgan fingerprint density at radius 3 is 2.16 bits per heavy atom. The topological polar surface area (TPSA) is 105 Å². The summed E-state index contributed by atoms with van der Waals surface area (Å²) in [4.78, 5) is 0.127. The summed E-state index contributed by atoms with van der Waals surface area (Å²) < 4.78 is 58.5. The van der Waals surface area contributed by atoms with Gasteiger partial charge in [-0.15, -0.1) is 0 Å². The zero-order chi connectivity index (χ0) is 18.3. The number of benzene rings is 1. The molecule has 0 saturated carbocycles. The molecule has 1 aliphatic rings. The monoisotopic (exact) mass is 391 g/mol. The summed E-state index contributed by atoms with van der Waals surface area (Å²) in [5, 5.41) is 3.10. The highest BCUT2D eigenvalue weighted by atomic mass is 32.2. The summed E-state index contributed by atoms with van der Waals surface area (Å²) >= 11 is 0. The first-order chi connectivity index (χ1) is 11.9. The van der Waals surface area contributed by atoms with Gasteiger partial charge in [0.2, 0.25) is 20.0 Å². The summed E-state index contributed by atoms with van der Waals surface area (Å²) in [7, 11) is -7.28.